The lowest BCUT2D eigenvalue weighted by molar-refractivity contribution is -0.142. The number of aromatic nitrogens is 1. The SMILES string of the molecule is CC(=O)O.C[C@H](N)C(=O)NCC(=O)NC1CSSC[C@@H](C(=O)O)NC(=O)C(CO)NC(=O)[C@H]([C@@H](C)O)NC(=O)C(Cc2ccccc2)NC(=O)[C@H]([C@@H](C)O)NC(=O)[C@H](CCCCN)NC(=O)C(Cc2c[nH]c3ccccc23)NC(=O)[C@H](Cc2ccccc2)NC(=O)C(Cc2ccccc2)NC(=O)[C@H](CC(N)=O)NC(=O)C(CCCCN)NC1=O. The predicted octanol–water partition coefficient (Wildman–Crippen LogP) is -4.82. The number of nitrogens with one attached hydrogen (secondary N) is 14. The topological polar surface area (TPSA) is 651 Å². The van der Waals surface area contributed by atoms with Gasteiger partial charge < -0.3 is 123 Å². The molecular formula is C78H108N18O21S2. The summed E-state index contributed by atoms with van der Waals surface area (Å²) in [6, 6.07) is 9.57. The van der Waals surface area contributed by atoms with Crippen LogP contribution in [-0.4, -0.2) is 254 Å². The number of aliphatic carboxylic acids is 2. The van der Waals surface area contributed by atoms with E-state index in [0.29, 0.717) is 39.6 Å². The van der Waals surface area contributed by atoms with Crippen LogP contribution in [0.2, 0.25) is 0 Å². The fourth-order valence-corrected chi connectivity index (χ4v) is 14.3. The second kappa shape index (κ2) is 50.9. The summed E-state index contributed by atoms with van der Waals surface area (Å²) in [7, 11) is 1.49. The number of nitrogens with two attached hydrogens (primary N) is 4. The Morgan fingerprint density at radius 2 is 0.840 bits per heavy atom. The number of carboxylic acid groups (broad SMARTS) is 2. The number of hydrogen-bond donors (Lipinski definition) is 23. The van der Waals surface area contributed by atoms with Gasteiger partial charge in [-0.3, -0.25) is 71.9 Å². The largest absolute Gasteiger partial charge is 0.481 e. The molecule has 39 nitrogen and oxygen atoms in total. The van der Waals surface area contributed by atoms with E-state index in [2.05, 4.69) is 74.1 Å². The Morgan fingerprint density at radius 1 is 0.471 bits per heavy atom. The van der Waals surface area contributed by atoms with Gasteiger partial charge in [0, 0.05) is 61.2 Å². The van der Waals surface area contributed by atoms with Gasteiger partial charge in [0.1, 0.15) is 72.5 Å². The third-order valence-electron chi connectivity index (χ3n) is 18.3. The van der Waals surface area contributed by atoms with Gasteiger partial charge >= 0.3 is 5.97 Å². The summed E-state index contributed by atoms with van der Waals surface area (Å²) in [6.07, 6.45) is -3.48. The van der Waals surface area contributed by atoms with Gasteiger partial charge in [-0.05, 0) is 101 Å². The predicted molar refractivity (Wildman–Crippen MR) is 438 cm³/mol. The van der Waals surface area contributed by atoms with E-state index >= 15 is 14.4 Å². The Balaban J connectivity index is 0.00000616. The molecule has 4 aromatic carbocycles. The number of fused-ring (bicyclic) bond motifs is 1. The van der Waals surface area contributed by atoms with E-state index in [-0.39, 0.29) is 70.9 Å². The summed E-state index contributed by atoms with van der Waals surface area (Å²) in [5.74, 6) is -18.6. The van der Waals surface area contributed by atoms with E-state index in [0.717, 1.165) is 42.4 Å². The van der Waals surface area contributed by atoms with E-state index in [4.69, 9.17) is 32.8 Å². The van der Waals surface area contributed by atoms with Gasteiger partial charge in [-0.1, -0.05) is 131 Å². The molecule has 0 spiro atoms. The standard InChI is InChI=1S/C76H104N18O19S2.C2H4O2/c1-41(79)64(100)82-37-61(99)83-58-39-114-115-40-59(76(112)113)92-72(108)57(38-95)91-75(111)63(43(3)97)94-71(107)54(33-46-23-11-6-12-24-46)90-74(110)62(42(2)96)93-66(102)51(28-16-18-30-78)84-69(105)55(34-47-36-81-49-26-14-13-25-48(47)49)88-68(104)53(32-45-21-9-5-10-22-45)86-67(103)52(31-44-19-7-4-8-20-44)87-70(106)56(35-60(80)98)89-65(101)50(85-73(58)109)27-15-17-29-77;1-2(3)4/h4-14,19-26,36,41-43,50-59,62-63,81,95-97H,15-18,27-35,37-40,77-79H2,1-3H3,(H2,80,98)(H,82,100)(H,83,99)(H,84,105)(H,85,109)(H,86,103)(H,87,106)(H,88,104)(H,89,101)(H,90,110)(H,91,111)(H,92,108)(H,93,102)(H,94,107)(H,112,113);1H3,(H,3,4)/t41-,42+,43+,50?,51-,52?,53-,54?,55?,56-,57?,58?,59-,62-,63-;/m0./s1. The van der Waals surface area contributed by atoms with Crippen molar-refractivity contribution in [2.45, 2.75) is 189 Å². The Morgan fingerprint density at radius 3 is 1.28 bits per heavy atom. The third kappa shape index (κ3) is 34.1. The number of carbonyl (C=O) groups is 16. The van der Waals surface area contributed by atoms with Crippen molar-refractivity contribution < 1.29 is 102 Å². The van der Waals surface area contributed by atoms with Crippen molar-refractivity contribution in [2.24, 2.45) is 22.9 Å². The van der Waals surface area contributed by atoms with Crippen molar-refractivity contribution in [3.8, 4) is 0 Å². The lowest BCUT2D eigenvalue weighted by Gasteiger charge is -2.29. The quantitative estimate of drug-likeness (QED) is 0.0182. The first-order chi connectivity index (χ1) is 56.6. The Hall–Kier alpha value is -11.6. The van der Waals surface area contributed by atoms with Crippen LogP contribution < -0.4 is 92.1 Å². The van der Waals surface area contributed by atoms with Crippen LogP contribution in [0.1, 0.15) is 94.9 Å². The first-order valence-corrected chi connectivity index (χ1v) is 40.8. The molecule has 0 bridgehead atoms. The van der Waals surface area contributed by atoms with Crippen LogP contribution in [0.5, 0.6) is 0 Å². The lowest BCUT2D eigenvalue weighted by atomic mass is 10.00. The van der Waals surface area contributed by atoms with Crippen LogP contribution in [0.15, 0.2) is 121 Å². The zero-order valence-corrected chi connectivity index (χ0v) is 67.8. The minimum absolute atomic E-state index is 0.104. The second-order valence-corrected chi connectivity index (χ2v) is 30.7. The second-order valence-electron chi connectivity index (χ2n) is 28.1. The molecule has 14 amide bonds. The van der Waals surface area contributed by atoms with Crippen molar-refractivity contribution in [3.63, 3.8) is 0 Å². The van der Waals surface area contributed by atoms with Gasteiger partial charge in [0.05, 0.1) is 37.8 Å². The van der Waals surface area contributed by atoms with E-state index in [1.807, 2.05) is 0 Å². The van der Waals surface area contributed by atoms with Gasteiger partial charge in [-0.15, -0.1) is 0 Å². The Labute approximate surface area is 693 Å². The third-order valence-corrected chi connectivity index (χ3v) is 20.7. The number of H-pyrrole nitrogens is 1. The van der Waals surface area contributed by atoms with Crippen LogP contribution in [0.3, 0.4) is 0 Å². The number of unbranched alkanes of at least 4 members (excludes halogenated alkanes) is 2. The number of aromatic amines is 1. The fraction of sp³-hybridized carbons (Fsp3) is 0.462. The molecule has 6 unspecified atom stereocenters. The normalized spacial score (nSPS) is 23.2. The molecule has 1 saturated heterocycles. The summed E-state index contributed by atoms with van der Waals surface area (Å²) in [5, 5.41) is 83.5. The summed E-state index contributed by atoms with van der Waals surface area (Å²) in [6.45, 7) is 2.96. The van der Waals surface area contributed by atoms with Crippen LogP contribution in [-0.2, 0) is 102 Å². The highest BCUT2D eigenvalue weighted by Crippen LogP contribution is 2.25. The highest BCUT2D eigenvalue weighted by atomic mass is 33.1. The van der Waals surface area contributed by atoms with Crippen molar-refractivity contribution >= 4 is 127 Å². The van der Waals surface area contributed by atoms with Gasteiger partial charge in [0.2, 0.25) is 82.7 Å². The molecule has 119 heavy (non-hydrogen) atoms. The lowest BCUT2D eigenvalue weighted by Crippen LogP contribution is -2.63. The molecule has 1 aromatic heterocycles. The number of amides is 14. The molecule has 0 radical (unpaired) electrons. The maximum absolute atomic E-state index is 15.4. The van der Waals surface area contributed by atoms with E-state index in [1.165, 1.54) is 6.92 Å². The first-order valence-electron chi connectivity index (χ1n) is 38.3. The highest BCUT2D eigenvalue weighted by molar-refractivity contribution is 8.76. The first kappa shape index (κ1) is 98.0. The van der Waals surface area contributed by atoms with Gasteiger partial charge in [0.15, 0.2) is 0 Å². The van der Waals surface area contributed by atoms with Crippen LogP contribution in [0, 0.1) is 0 Å². The number of para-hydroxylation sites is 1. The average Bonchev–Trinajstić information content (AvgIpc) is 1.67. The molecule has 1 fully saturated rings. The number of aliphatic hydroxyl groups is 3. The molecule has 648 valence electrons. The van der Waals surface area contributed by atoms with Gasteiger partial charge in [0.25, 0.3) is 5.97 Å². The Kier molecular flexibility index (Phi) is 41.9. The molecule has 5 aromatic rings. The molecule has 41 heteroatoms. The van der Waals surface area contributed by atoms with E-state index in [1.54, 1.807) is 121 Å². The summed E-state index contributed by atoms with van der Waals surface area (Å²) >= 11 is 0. The van der Waals surface area contributed by atoms with Crippen molar-refractivity contribution in [3.05, 3.63) is 144 Å². The molecule has 0 aliphatic carbocycles. The van der Waals surface area contributed by atoms with Crippen LogP contribution in [0.25, 0.3) is 10.9 Å². The summed E-state index contributed by atoms with van der Waals surface area (Å²) < 4.78 is 0. The van der Waals surface area contributed by atoms with E-state index < -0.39 is 216 Å². The van der Waals surface area contributed by atoms with Gasteiger partial charge in [-0.2, -0.15) is 0 Å². The molecular weight excluding hydrogens is 1590 g/mol. The fourth-order valence-electron chi connectivity index (χ4n) is 11.9. The number of aliphatic hydroxyl groups excluding tert-OH is 3. The molecule has 1 aliphatic rings. The molecule has 2 heterocycles. The summed E-state index contributed by atoms with van der Waals surface area (Å²) in [5.41, 5.74) is 25.6. The van der Waals surface area contributed by atoms with Crippen LogP contribution >= 0.6 is 21.6 Å². The highest BCUT2D eigenvalue weighted by Gasteiger charge is 2.40. The number of benzene rings is 4. The number of primary amides is 1. The maximum Gasteiger partial charge on any atom is 0.327 e. The minimum Gasteiger partial charge on any atom is -0.481 e. The van der Waals surface area contributed by atoms with Gasteiger partial charge in [-0.25, -0.2) is 4.79 Å². The maximum atomic E-state index is 15.4. The zero-order valence-electron chi connectivity index (χ0n) is 66.1. The zero-order chi connectivity index (χ0) is 87.8. The van der Waals surface area contributed by atoms with Crippen molar-refractivity contribution in [2.75, 3.05) is 37.7 Å². The Bertz CT molecular complexity index is 4240. The molecule has 1 aliphatic heterocycles. The molecule has 0 saturated carbocycles. The average molecular weight is 1700 g/mol. The smallest absolute Gasteiger partial charge is 0.327 e. The van der Waals surface area contributed by atoms with Crippen molar-refractivity contribution in [1.82, 2.24) is 74.1 Å². The number of carbonyl (C=O) groups excluding carboxylic acids is 14. The minimum atomic E-state index is -1.99. The van der Waals surface area contributed by atoms with E-state index in [9.17, 15) is 78.0 Å². The number of carboxylic acids is 2. The monoisotopic (exact) mass is 1700 g/mol. The molecule has 6 rings (SSSR count). The molecule has 15 atom stereocenters. The number of rotatable bonds is 26. The number of hydrogen-bond acceptors (Lipinski definition) is 24. The summed E-state index contributed by atoms with van der Waals surface area (Å²) in [4.78, 5) is 226. The molecule has 27 N–H and O–H groups in total. The van der Waals surface area contributed by atoms with Crippen LogP contribution in [0.4, 0.5) is 0 Å². The van der Waals surface area contributed by atoms with Crippen molar-refractivity contribution in [1.29, 1.82) is 0 Å².